The second-order valence-electron chi connectivity index (χ2n) is 6.58. The number of nitrogens with zero attached hydrogens (tertiary/aromatic N) is 1. The molecule has 0 bridgehead atoms. The maximum absolute atomic E-state index is 12.5. The number of aryl methyl sites for hydroxylation is 1. The van der Waals surface area contributed by atoms with Crippen molar-refractivity contribution in [2.75, 3.05) is 6.54 Å². The van der Waals surface area contributed by atoms with Crippen molar-refractivity contribution >= 4 is 27.3 Å². The molecule has 2 aromatic rings. The molecular formula is C19H25NO2S. The summed E-state index contributed by atoms with van der Waals surface area (Å²) < 4.78 is 1.32. The molecule has 3 nitrogen and oxygen atoms in total. The Morgan fingerprint density at radius 3 is 3.09 bits per heavy atom. The number of amides is 1. The highest BCUT2D eigenvalue weighted by Gasteiger charge is 2.28. The van der Waals surface area contributed by atoms with Crippen LogP contribution in [0.15, 0.2) is 29.6 Å². The number of rotatable bonds is 6. The molecule has 23 heavy (non-hydrogen) atoms. The summed E-state index contributed by atoms with van der Waals surface area (Å²) in [6.45, 7) is 2.67. The minimum absolute atomic E-state index is 0.240. The fourth-order valence-corrected chi connectivity index (χ4v) is 4.60. The molecule has 0 saturated carbocycles. The SMILES string of the molecule is CC(O)CC1CCCN1C(=O)CCCc1csc2ccccc12. The number of thiophene rings is 1. The third-order valence-corrected chi connectivity index (χ3v) is 5.72. The number of aliphatic hydroxyl groups is 1. The van der Waals surface area contributed by atoms with E-state index >= 15 is 0 Å². The van der Waals surface area contributed by atoms with Gasteiger partial charge in [0.15, 0.2) is 0 Å². The first-order chi connectivity index (χ1) is 11.1. The van der Waals surface area contributed by atoms with Gasteiger partial charge in [-0.15, -0.1) is 11.3 Å². The first kappa shape index (κ1) is 16.5. The number of carbonyl (C=O) groups is 1. The molecule has 1 aromatic carbocycles. The van der Waals surface area contributed by atoms with Crippen molar-refractivity contribution in [3.05, 3.63) is 35.2 Å². The highest BCUT2D eigenvalue weighted by Crippen LogP contribution is 2.27. The number of hydrogen-bond donors (Lipinski definition) is 1. The lowest BCUT2D eigenvalue weighted by Crippen LogP contribution is -2.37. The van der Waals surface area contributed by atoms with Crippen molar-refractivity contribution in [3.63, 3.8) is 0 Å². The third-order valence-electron chi connectivity index (χ3n) is 4.71. The van der Waals surface area contributed by atoms with Gasteiger partial charge in [0.25, 0.3) is 0 Å². The maximum atomic E-state index is 12.5. The second kappa shape index (κ2) is 7.45. The Hall–Kier alpha value is -1.39. The zero-order chi connectivity index (χ0) is 16.2. The summed E-state index contributed by atoms with van der Waals surface area (Å²) >= 11 is 1.78. The maximum Gasteiger partial charge on any atom is 0.222 e. The highest BCUT2D eigenvalue weighted by molar-refractivity contribution is 7.17. The standard InChI is InChI=1S/C19H25NO2S/c1-14(21)12-16-7-5-11-20(16)19(22)10-4-6-15-13-23-18-9-3-2-8-17(15)18/h2-3,8-9,13-14,16,21H,4-7,10-12H2,1H3. The molecule has 1 aromatic heterocycles. The average molecular weight is 331 g/mol. The van der Waals surface area contributed by atoms with Crippen LogP contribution in [0.2, 0.25) is 0 Å². The predicted octanol–water partition coefficient (Wildman–Crippen LogP) is 3.99. The van der Waals surface area contributed by atoms with Gasteiger partial charge in [-0.25, -0.2) is 0 Å². The molecule has 1 aliphatic rings. The quantitative estimate of drug-likeness (QED) is 0.869. The van der Waals surface area contributed by atoms with E-state index in [1.807, 2.05) is 11.8 Å². The number of hydrogen-bond acceptors (Lipinski definition) is 3. The molecule has 1 aliphatic heterocycles. The lowest BCUT2D eigenvalue weighted by atomic mass is 10.1. The van der Waals surface area contributed by atoms with Crippen LogP contribution in [0.3, 0.4) is 0 Å². The molecule has 1 fully saturated rings. The average Bonchev–Trinajstić information content (AvgIpc) is 3.14. The van der Waals surface area contributed by atoms with Gasteiger partial charge in [-0.05, 0) is 61.4 Å². The Balaban J connectivity index is 1.53. The molecular weight excluding hydrogens is 306 g/mol. The van der Waals surface area contributed by atoms with E-state index in [-0.39, 0.29) is 18.1 Å². The first-order valence-electron chi connectivity index (χ1n) is 8.58. The zero-order valence-electron chi connectivity index (χ0n) is 13.7. The van der Waals surface area contributed by atoms with Crippen molar-refractivity contribution < 1.29 is 9.90 Å². The zero-order valence-corrected chi connectivity index (χ0v) is 14.5. The smallest absolute Gasteiger partial charge is 0.222 e. The summed E-state index contributed by atoms with van der Waals surface area (Å²) in [6.07, 6.45) is 4.96. The predicted molar refractivity (Wildman–Crippen MR) is 95.8 cm³/mol. The number of carbonyl (C=O) groups excluding carboxylic acids is 1. The van der Waals surface area contributed by atoms with Crippen LogP contribution in [-0.4, -0.2) is 34.6 Å². The normalized spacial score (nSPS) is 19.4. The Labute approximate surface area is 141 Å². The van der Waals surface area contributed by atoms with Gasteiger partial charge in [-0.2, -0.15) is 0 Å². The molecule has 1 N–H and O–H groups in total. The van der Waals surface area contributed by atoms with Gasteiger partial charge in [-0.1, -0.05) is 18.2 Å². The lowest BCUT2D eigenvalue weighted by Gasteiger charge is -2.25. The van der Waals surface area contributed by atoms with Gasteiger partial charge in [0.05, 0.1) is 6.10 Å². The summed E-state index contributed by atoms with van der Waals surface area (Å²) in [5, 5.41) is 13.1. The third kappa shape index (κ3) is 3.93. The topological polar surface area (TPSA) is 40.5 Å². The molecule has 0 aliphatic carbocycles. The van der Waals surface area contributed by atoms with E-state index in [2.05, 4.69) is 29.6 Å². The van der Waals surface area contributed by atoms with Gasteiger partial charge < -0.3 is 10.0 Å². The summed E-state index contributed by atoms with van der Waals surface area (Å²) in [7, 11) is 0. The fraction of sp³-hybridized carbons (Fsp3) is 0.526. The van der Waals surface area contributed by atoms with Crippen LogP contribution >= 0.6 is 11.3 Å². The fourth-order valence-electron chi connectivity index (χ4n) is 3.60. The van der Waals surface area contributed by atoms with Crippen LogP contribution in [0.5, 0.6) is 0 Å². The number of aliphatic hydroxyl groups excluding tert-OH is 1. The van der Waals surface area contributed by atoms with Crippen LogP contribution in [-0.2, 0) is 11.2 Å². The van der Waals surface area contributed by atoms with E-state index in [1.165, 1.54) is 15.6 Å². The van der Waals surface area contributed by atoms with E-state index in [1.54, 1.807) is 11.3 Å². The summed E-state index contributed by atoms with van der Waals surface area (Å²) in [4.78, 5) is 14.5. The van der Waals surface area contributed by atoms with E-state index < -0.39 is 0 Å². The number of benzene rings is 1. The number of likely N-dealkylation sites (tertiary alicyclic amines) is 1. The molecule has 4 heteroatoms. The molecule has 0 spiro atoms. The molecule has 3 rings (SSSR count). The van der Waals surface area contributed by atoms with Crippen LogP contribution in [0, 0.1) is 0 Å². The van der Waals surface area contributed by atoms with Crippen LogP contribution in [0.1, 0.15) is 44.6 Å². The summed E-state index contributed by atoms with van der Waals surface area (Å²) in [6, 6.07) is 8.71. The second-order valence-corrected chi connectivity index (χ2v) is 7.49. The first-order valence-corrected chi connectivity index (χ1v) is 9.46. The molecule has 1 amide bonds. The van der Waals surface area contributed by atoms with Crippen LogP contribution < -0.4 is 0 Å². The van der Waals surface area contributed by atoms with E-state index in [0.717, 1.165) is 32.2 Å². The molecule has 0 radical (unpaired) electrons. The van der Waals surface area contributed by atoms with Crippen molar-refractivity contribution in [1.82, 2.24) is 4.90 Å². The Morgan fingerprint density at radius 2 is 2.26 bits per heavy atom. The van der Waals surface area contributed by atoms with Crippen molar-refractivity contribution in [3.8, 4) is 0 Å². The largest absolute Gasteiger partial charge is 0.393 e. The minimum atomic E-state index is -0.328. The van der Waals surface area contributed by atoms with Crippen LogP contribution in [0.4, 0.5) is 0 Å². The minimum Gasteiger partial charge on any atom is -0.393 e. The van der Waals surface area contributed by atoms with Gasteiger partial charge in [-0.3, -0.25) is 4.79 Å². The van der Waals surface area contributed by atoms with E-state index in [9.17, 15) is 9.90 Å². The number of fused-ring (bicyclic) bond motifs is 1. The summed E-state index contributed by atoms with van der Waals surface area (Å²) in [5.74, 6) is 0.257. The Kier molecular flexibility index (Phi) is 5.34. The molecule has 1 saturated heterocycles. The van der Waals surface area contributed by atoms with E-state index in [4.69, 9.17) is 0 Å². The van der Waals surface area contributed by atoms with Gasteiger partial charge in [0.1, 0.15) is 0 Å². The molecule has 2 heterocycles. The highest BCUT2D eigenvalue weighted by atomic mass is 32.1. The van der Waals surface area contributed by atoms with Crippen molar-refractivity contribution in [2.24, 2.45) is 0 Å². The Morgan fingerprint density at radius 1 is 1.43 bits per heavy atom. The molecule has 124 valence electrons. The van der Waals surface area contributed by atoms with Gasteiger partial charge in [0.2, 0.25) is 5.91 Å². The van der Waals surface area contributed by atoms with Crippen molar-refractivity contribution in [1.29, 1.82) is 0 Å². The monoisotopic (exact) mass is 331 g/mol. The summed E-state index contributed by atoms with van der Waals surface area (Å²) in [5.41, 5.74) is 1.36. The lowest BCUT2D eigenvalue weighted by molar-refractivity contribution is -0.132. The van der Waals surface area contributed by atoms with Crippen molar-refractivity contribution in [2.45, 2.75) is 57.6 Å². The van der Waals surface area contributed by atoms with Gasteiger partial charge >= 0.3 is 0 Å². The van der Waals surface area contributed by atoms with Crippen LogP contribution in [0.25, 0.3) is 10.1 Å². The van der Waals surface area contributed by atoms with Gasteiger partial charge in [0, 0.05) is 23.7 Å². The van der Waals surface area contributed by atoms with E-state index in [0.29, 0.717) is 12.8 Å². The molecule has 2 unspecified atom stereocenters. The Bertz CT molecular complexity index is 664. The molecule has 2 atom stereocenters.